The SMILES string of the molecule is CC(C)c1nn(C)c(NCCCCO)c1N. The van der Waals surface area contributed by atoms with Gasteiger partial charge < -0.3 is 16.2 Å². The number of nitrogens with two attached hydrogens (primary N) is 1. The second kappa shape index (κ2) is 5.75. The van der Waals surface area contributed by atoms with Gasteiger partial charge in [0, 0.05) is 20.2 Å². The van der Waals surface area contributed by atoms with Crippen molar-refractivity contribution in [2.24, 2.45) is 7.05 Å². The number of nitrogen functional groups attached to an aromatic ring is 1. The molecular formula is C11H22N4O. The Balaban J connectivity index is 2.65. The summed E-state index contributed by atoms with van der Waals surface area (Å²) in [6.45, 7) is 5.20. The number of anilines is 2. The Hall–Kier alpha value is -1.23. The Bertz CT molecular complexity index is 333. The van der Waals surface area contributed by atoms with Crippen LogP contribution in [0.5, 0.6) is 0 Å². The van der Waals surface area contributed by atoms with E-state index in [4.69, 9.17) is 10.8 Å². The molecule has 0 aliphatic rings. The van der Waals surface area contributed by atoms with E-state index in [-0.39, 0.29) is 6.61 Å². The number of hydrogen-bond donors (Lipinski definition) is 3. The number of aliphatic hydroxyl groups is 1. The minimum absolute atomic E-state index is 0.236. The molecule has 1 rings (SSSR count). The van der Waals surface area contributed by atoms with Crippen LogP contribution in [0.25, 0.3) is 0 Å². The van der Waals surface area contributed by atoms with E-state index in [1.165, 1.54) is 0 Å². The minimum Gasteiger partial charge on any atom is -0.396 e. The molecule has 0 unspecified atom stereocenters. The number of unbranched alkanes of at least 4 members (excludes halogenated alkanes) is 1. The van der Waals surface area contributed by atoms with E-state index in [0.717, 1.165) is 36.6 Å². The zero-order chi connectivity index (χ0) is 12.1. The van der Waals surface area contributed by atoms with Crippen LogP contribution in [-0.4, -0.2) is 28.0 Å². The monoisotopic (exact) mass is 226 g/mol. The van der Waals surface area contributed by atoms with Crippen LogP contribution in [0.15, 0.2) is 0 Å². The lowest BCUT2D eigenvalue weighted by Gasteiger charge is -2.07. The predicted octanol–water partition coefficient (Wildman–Crippen LogP) is 1.31. The highest BCUT2D eigenvalue weighted by Gasteiger charge is 2.14. The van der Waals surface area contributed by atoms with E-state index >= 15 is 0 Å². The number of aryl methyl sites for hydroxylation is 1. The van der Waals surface area contributed by atoms with Crippen molar-refractivity contribution >= 4 is 11.5 Å². The lowest BCUT2D eigenvalue weighted by atomic mass is 10.1. The molecule has 92 valence electrons. The summed E-state index contributed by atoms with van der Waals surface area (Å²) in [5.41, 5.74) is 7.70. The van der Waals surface area contributed by atoms with E-state index in [1.807, 2.05) is 7.05 Å². The molecule has 4 N–H and O–H groups in total. The first kappa shape index (κ1) is 12.8. The first-order chi connectivity index (χ1) is 7.57. The van der Waals surface area contributed by atoms with Crippen LogP contribution in [0.3, 0.4) is 0 Å². The third kappa shape index (κ3) is 2.88. The zero-order valence-corrected chi connectivity index (χ0v) is 10.3. The minimum atomic E-state index is 0.236. The van der Waals surface area contributed by atoms with Crippen molar-refractivity contribution in [3.05, 3.63) is 5.69 Å². The third-order valence-electron chi connectivity index (χ3n) is 2.54. The molecule has 0 spiro atoms. The number of nitrogens with one attached hydrogen (secondary N) is 1. The van der Waals surface area contributed by atoms with E-state index in [9.17, 15) is 0 Å². The standard InChI is InChI=1S/C11H22N4O/c1-8(2)10-9(12)11(15(3)14-10)13-6-4-5-7-16/h8,13,16H,4-7,12H2,1-3H3. The molecule has 0 atom stereocenters. The molecule has 0 fully saturated rings. The molecule has 1 aromatic rings. The van der Waals surface area contributed by atoms with Crippen LogP contribution in [0.2, 0.25) is 0 Å². The average molecular weight is 226 g/mol. The van der Waals surface area contributed by atoms with Crippen molar-refractivity contribution in [1.82, 2.24) is 9.78 Å². The Kier molecular flexibility index (Phi) is 4.61. The largest absolute Gasteiger partial charge is 0.396 e. The number of nitrogens with zero attached hydrogens (tertiary/aromatic N) is 2. The Morgan fingerprint density at radius 1 is 1.44 bits per heavy atom. The maximum absolute atomic E-state index is 8.68. The summed E-state index contributed by atoms with van der Waals surface area (Å²) in [6, 6.07) is 0. The van der Waals surface area contributed by atoms with E-state index < -0.39 is 0 Å². The van der Waals surface area contributed by atoms with Crippen LogP contribution in [0.4, 0.5) is 11.5 Å². The van der Waals surface area contributed by atoms with Gasteiger partial charge in [0.25, 0.3) is 0 Å². The smallest absolute Gasteiger partial charge is 0.147 e. The molecule has 16 heavy (non-hydrogen) atoms. The Labute approximate surface area is 96.6 Å². The van der Waals surface area contributed by atoms with E-state index in [2.05, 4.69) is 24.3 Å². The van der Waals surface area contributed by atoms with Crippen molar-refractivity contribution in [3.8, 4) is 0 Å². The van der Waals surface area contributed by atoms with Crippen molar-refractivity contribution in [2.45, 2.75) is 32.6 Å². The van der Waals surface area contributed by atoms with Gasteiger partial charge in [-0.15, -0.1) is 0 Å². The van der Waals surface area contributed by atoms with Crippen molar-refractivity contribution in [3.63, 3.8) is 0 Å². The van der Waals surface area contributed by atoms with Gasteiger partial charge in [-0.1, -0.05) is 13.8 Å². The quantitative estimate of drug-likeness (QED) is 0.639. The molecule has 0 saturated carbocycles. The average Bonchev–Trinajstić information content (AvgIpc) is 2.51. The van der Waals surface area contributed by atoms with E-state index in [0.29, 0.717) is 5.92 Å². The van der Waals surface area contributed by atoms with Crippen LogP contribution in [0.1, 0.15) is 38.3 Å². The van der Waals surface area contributed by atoms with Gasteiger partial charge in [0.2, 0.25) is 0 Å². The molecule has 5 nitrogen and oxygen atoms in total. The maximum Gasteiger partial charge on any atom is 0.147 e. The lowest BCUT2D eigenvalue weighted by molar-refractivity contribution is 0.286. The molecular weight excluding hydrogens is 204 g/mol. The molecule has 5 heteroatoms. The highest BCUT2D eigenvalue weighted by molar-refractivity contribution is 5.65. The highest BCUT2D eigenvalue weighted by atomic mass is 16.2. The topological polar surface area (TPSA) is 76.1 Å². The summed E-state index contributed by atoms with van der Waals surface area (Å²) in [4.78, 5) is 0. The maximum atomic E-state index is 8.68. The highest BCUT2D eigenvalue weighted by Crippen LogP contribution is 2.27. The third-order valence-corrected chi connectivity index (χ3v) is 2.54. The molecule has 0 radical (unpaired) electrons. The molecule has 1 heterocycles. The molecule has 0 aliphatic carbocycles. The second-order valence-electron chi connectivity index (χ2n) is 4.28. The number of hydrogen-bond acceptors (Lipinski definition) is 4. The fourth-order valence-corrected chi connectivity index (χ4v) is 1.64. The molecule has 1 aromatic heterocycles. The van der Waals surface area contributed by atoms with Crippen molar-refractivity contribution < 1.29 is 5.11 Å². The summed E-state index contributed by atoms with van der Waals surface area (Å²) in [7, 11) is 1.89. The van der Waals surface area contributed by atoms with Gasteiger partial charge in [-0.3, -0.25) is 4.68 Å². The van der Waals surface area contributed by atoms with Gasteiger partial charge >= 0.3 is 0 Å². The van der Waals surface area contributed by atoms with Crippen LogP contribution in [-0.2, 0) is 7.05 Å². The number of aromatic nitrogens is 2. The molecule has 0 bridgehead atoms. The van der Waals surface area contributed by atoms with Crippen LogP contribution >= 0.6 is 0 Å². The van der Waals surface area contributed by atoms with Gasteiger partial charge in [0.1, 0.15) is 5.82 Å². The summed E-state index contributed by atoms with van der Waals surface area (Å²) < 4.78 is 1.78. The van der Waals surface area contributed by atoms with Gasteiger partial charge in [-0.05, 0) is 18.8 Å². The second-order valence-corrected chi connectivity index (χ2v) is 4.28. The lowest BCUT2D eigenvalue weighted by Crippen LogP contribution is -2.08. The molecule has 0 aliphatic heterocycles. The van der Waals surface area contributed by atoms with Crippen LogP contribution in [0, 0.1) is 0 Å². The predicted molar refractivity (Wildman–Crippen MR) is 66.5 cm³/mol. The number of rotatable bonds is 6. The van der Waals surface area contributed by atoms with Gasteiger partial charge in [-0.25, -0.2) is 0 Å². The van der Waals surface area contributed by atoms with E-state index in [1.54, 1.807) is 4.68 Å². The van der Waals surface area contributed by atoms with Gasteiger partial charge in [0.05, 0.1) is 11.4 Å². The number of aliphatic hydroxyl groups excluding tert-OH is 1. The Morgan fingerprint density at radius 2 is 2.12 bits per heavy atom. The summed E-state index contributed by atoms with van der Waals surface area (Å²) in [5, 5.41) is 16.3. The van der Waals surface area contributed by atoms with Crippen molar-refractivity contribution in [2.75, 3.05) is 24.2 Å². The first-order valence-corrected chi connectivity index (χ1v) is 5.75. The summed E-state index contributed by atoms with van der Waals surface area (Å²) in [6.07, 6.45) is 1.74. The Morgan fingerprint density at radius 3 is 2.62 bits per heavy atom. The fraction of sp³-hybridized carbons (Fsp3) is 0.727. The first-order valence-electron chi connectivity index (χ1n) is 5.75. The summed E-state index contributed by atoms with van der Waals surface area (Å²) >= 11 is 0. The molecule has 0 amide bonds. The zero-order valence-electron chi connectivity index (χ0n) is 10.3. The van der Waals surface area contributed by atoms with Gasteiger partial charge in [-0.2, -0.15) is 5.10 Å². The normalized spacial score (nSPS) is 11.1. The molecule has 0 saturated heterocycles. The molecule has 0 aromatic carbocycles. The van der Waals surface area contributed by atoms with Gasteiger partial charge in [0.15, 0.2) is 0 Å². The van der Waals surface area contributed by atoms with Crippen molar-refractivity contribution in [1.29, 1.82) is 0 Å². The summed E-state index contributed by atoms with van der Waals surface area (Å²) in [5.74, 6) is 1.21. The van der Waals surface area contributed by atoms with Crippen LogP contribution < -0.4 is 11.1 Å². The fourth-order valence-electron chi connectivity index (χ4n) is 1.64.